The van der Waals surface area contributed by atoms with E-state index in [1.807, 2.05) is 12.1 Å². The Kier molecular flexibility index (Phi) is 4.09. The van der Waals surface area contributed by atoms with Gasteiger partial charge in [0.15, 0.2) is 0 Å². The van der Waals surface area contributed by atoms with Crippen LogP contribution in [0.25, 0.3) is 0 Å². The van der Waals surface area contributed by atoms with Crippen molar-refractivity contribution in [1.29, 1.82) is 0 Å². The largest absolute Gasteiger partial charge is 0.307 e. The highest BCUT2D eigenvalue weighted by atomic mass is 35.5. The maximum Gasteiger partial charge on any atom is 0.0409 e. The average molecular weight is 286 g/mol. The van der Waals surface area contributed by atoms with Gasteiger partial charge >= 0.3 is 0 Å². The molecule has 0 aliphatic heterocycles. The fourth-order valence-electron chi connectivity index (χ4n) is 3.07. The van der Waals surface area contributed by atoms with Gasteiger partial charge in [0.1, 0.15) is 0 Å². The Labute approximate surface area is 126 Å². The lowest BCUT2D eigenvalue weighted by Gasteiger charge is -2.28. The summed E-state index contributed by atoms with van der Waals surface area (Å²) < 4.78 is 0. The Balaban J connectivity index is 1.67. The molecule has 2 atom stereocenters. The van der Waals surface area contributed by atoms with Gasteiger partial charge in [-0.2, -0.15) is 0 Å². The summed E-state index contributed by atoms with van der Waals surface area (Å²) in [7, 11) is 0. The van der Waals surface area contributed by atoms with Gasteiger partial charge in [-0.25, -0.2) is 0 Å². The summed E-state index contributed by atoms with van der Waals surface area (Å²) in [4.78, 5) is 0. The van der Waals surface area contributed by atoms with Crippen LogP contribution in [0.3, 0.4) is 0 Å². The van der Waals surface area contributed by atoms with E-state index < -0.39 is 0 Å². The first-order chi connectivity index (χ1) is 9.72. The van der Waals surface area contributed by atoms with Gasteiger partial charge < -0.3 is 5.32 Å². The van der Waals surface area contributed by atoms with Crippen molar-refractivity contribution < 1.29 is 0 Å². The number of rotatable bonds is 3. The second kappa shape index (κ2) is 5.99. The zero-order valence-electron chi connectivity index (χ0n) is 11.8. The van der Waals surface area contributed by atoms with Gasteiger partial charge in [-0.05, 0) is 55.0 Å². The quantitative estimate of drug-likeness (QED) is 0.872. The van der Waals surface area contributed by atoms with Crippen LogP contribution < -0.4 is 5.32 Å². The highest BCUT2D eigenvalue weighted by Gasteiger charge is 2.20. The molecule has 2 aromatic rings. The molecule has 104 valence electrons. The molecule has 1 aliphatic rings. The number of halogens is 1. The fourth-order valence-corrected chi connectivity index (χ4v) is 3.26. The third kappa shape index (κ3) is 3.05. The van der Waals surface area contributed by atoms with Gasteiger partial charge in [0, 0.05) is 17.1 Å². The molecule has 0 saturated heterocycles. The van der Waals surface area contributed by atoms with Gasteiger partial charge in [0.05, 0.1) is 0 Å². The van der Waals surface area contributed by atoms with Crippen LogP contribution in [0.5, 0.6) is 0 Å². The second-order valence-corrected chi connectivity index (χ2v) is 6.09. The predicted octanol–water partition coefficient (Wildman–Crippen LogP) is 4.55. The molecular formula is C18H20ClN. The molecular weight excluding hydrogens is 266 g/mol. The minimum absolute atomic E-state index is 0.337. The number of hydrogen-bond acceptors (Lipinski definition) is 1. The third-order valence-electron chi connectivity index (χ3n) is 4.18. The molecule has 1 nitrogen and oxygen atoms in total. The first-order valence-electron chi connectivity index (χ1n) is 7.30. The van der Waals surface area contributed by atoms with Crippen LogP contribution in [0.15, 0.2) is 48.5 Å². The molecule has 1 unspecified atom stereocenters. The third-order valence-corrected chi connectivity index (χ3v) is 4.42. The Hall–Kier alpha value is -1.31. The van der Waals surface area contributed by atoms with Gasteiger partial charge in [-0.3, -0.25) is 0 Å². The van der Waals surface area contributed by atoms with E-state index in [1.54, 1.807) is 0 Å². The van der Waals surface area contributed by atoms with Crippen molar-refractivity contribution in [2.75, 3.05) is 0 Å². The van der Waals surface area contributed by atoms with Crippen LogP contribution in [0.1, 0.15) is 36.1 Å². The van der Waals surface area contributed by atoms with Gasteiger partial charge in [-0.1, -0.05) is 48.0 Å². The standard InChI is InChI=1S/C18H20ClN/c1-13(15-7-4-8-17(19)11-15)20-18-10-9-14-5-2-3-6-16(14)12-18/h2-8,11,13,18,20H,9-10,12H2,1H3/t13-,18?/m1/s1. The fraction of sp³-hybridized carbons (Fsp3) is 0.333. The molecule has 20 heavy (non-hydrogen) atoms. The van der Waals surface area contributed by atoms with Crippen molar-refractivity contribution in [3.8, 4) is 0 Å². The van der Waals surface area contributed by atoms with E-state index in [0.717, 1.165) is 11.4 Å². The number of hydrogen-bond donors (Lipinski definition) is 1. The molecule has 0 saturated carbocycles. The molecule has 0 radical (unpaired) electrons. The lowest BCUT2D eigenvalue weighted by Crippen LogP contribution is -2.36. The SMILES string of the molecule is C[C@@H](NC1CCc2ccccc2C1)c1cccc(Cl)c1. The molecule has 0 heterocycles. The van der Waals surface area contributed by atoms with Crippen molar-refractivity contribution in [3.05, 3.63) is 70.2 Å². The van der Waals surface area contributed by atoms with Gasteiger partial charge in [0.2, 0.25) is 0 Å². The summed E-state index contributed by atoms with van der Waals surface area (Å²) in [5.74, 6) is 0. The molecule has 0 aromatic heterocycles. The second-order valence-electron chi connectivity index (χ2n) is 5.65. The van der Waals surface area contributed by atoms with Crippen LogP contribution in [0.2, 0.25) is 5.02 Å². The Morgan fingerprint density at radius 2 is 1.90 bits per heavy atom. The van der Waals surface area contributed by atoms with E-state index in [-0.39, 0.29) is 0 Å². The summed E-state index contributed by atoms with van der Waals surface area (Å²) in [5.41, 5.74) is 4.27. The Morgan fingerprint density at radius 1 is 1.10 bits per heavy atom. The summed E-state index contributed by atoms with van der Waals surface area (Å²) in [6.07, 6.45) is 3.51. The molecule has 2 aromatic carbocycles. The summed E-state index contributed by atoms with van der Waals surface area (Å²) in [6.45, 7) is 2.21. The van der Waals surface area contributed by atoms with Crippen molar-refractivity contribution in [3.63, 3.8) is 0 Å². The molecule has 1 aliphatic carbocycles. The number of nitrogens with one attached hydrogen (secondary N) is 1. The highest BCUT2D eigenvalue weighted by Crippen LogP contribution is 2.24. The molecule has 3 rings (SSSR count). The van der Waals surface area contributed by atoms with Crippen molar-refractivity contribution >= 4 is 11.6 Å². The average Bonchev–Trinajstić information content (AvgIpc) is 2.47. The minimum atomic E-state index is 0.337. The van der Waals surface area contributed by atoms with Crippen molar-refractivity contribution in [1.82, 2.24) is 5.32 Å². The first kappa shape index (κ1) is 13.7. The highest BCUT2D eigenvalue weighted by molar-refractivity contribution is 6.30. The summed E-state index contributed by atoms with van der Waals surface area (Å²) in [5, 5.41) is 4.55. The van der Waals surface area contributed by atoms with E-state index in [1.165, 1.54) is 29.5 Å². The topological polar surface area (TPSA) is 12.0 Å². The molecule has 0 spiro atoms. The van der Waals surface area contributed by atoms with Crippen LogP contribution >= 0.6 is 11.6 Å². The molecule has 0 bridgehead atoms. The van der Waals surface area contributed by atoms with E-state index in [2.05, 4.69) is 48.6 Å². The van der Waals surface area contributed by atoms with Crippen LogP contribution in [-0.4, -0.2) is 6.04 Å². The molecule has 1 N–H and O–H groups in total. The summed E-state index contributed by atoms with van der Waals surface area (Å²) >= 11 is 6.07. The predicted molar refractivity (Wildman–Crippen MR) is 85.3 cm³/mol. The van der Waals surface area contributed by atoms with Gasteiger partial charge in [0.25, 0.3) is 0 Å². The van der Waals surface area contributed by atoms with Gasteiger partial charge in [-0.15, -0.1) is 0 Å². The van der Waals surface area contributed by atoms with Crippen LogP contribution in [0.4, 0.5) is 0 Å². The summed E-state index contributed by atoms with van der Waals surface area (Å²) in [6, 6.07) is 17.8. The lowest BCUT2D eigenvalue weighted by molar-refractivity contribution is 0.414. The number of aryl methyl sites for hydroxylation is 1. The van der Waals surface area contributed by atoms with E-state index >= 15 is 0 Å². The van der Waals surface area contributed by atoms with Crippen LogP contribution in [-0.2, 0) is 12.8 Å². The normalized spacial score (nSPS) is 19.4. The molecule has 0 fully saturated rings. The lowest BCUT2D eigenvalue weighted by atomic mass is 9.88. The van der Waals surface area contributed by atoms with Crippen molar-refractivity contribution in [2.45, 2.75) is 38.3 Å². The van der Waals surface area contributed by atoms with E-state index in [9.17, 15) is 0 Å². The minimum Gasteiger partial charge on any atom is -0.307 e. The smallest absolute Gasteiger partial charge is 0.0409 e. The van der Waals surface area contributed by atoms with E-state index in [0.29, 0.717) is 12.1 Å². The Morgan fingerprint density at radius 3 is 2.70 bits per heavy atom. The monoisotopic (exact) mass is 285 g/mol. The van der Waals surface area contributed by atoms with E-state index in [4.69, 9.17) is 11.6 Å². The van der Waals surface area contributed by atoms with Crippen molar-refractivity contribution in [2.24, 2.45) is 0 Å². The van der Waals surface area contributed by atoms with Crippen LogP contribution in [0, 0.1) is 0 Å². The number of fused-ring (bicyclic) bond motifs is 1. The maximum atomic E-state index is 6.07. The maximum absolute atomic E-state index is 6.07. The zero-order chi connectivity index (χ0) is 13.9. The zero-order valence-corrected chi connectivity index (χ0v) is 12.5. The molecule has 0 amide bonds. The number of benzene rings is 2. The Bertz CT molecular complexity index is 593. The molecule has 2 heteroatoms. The first-order valence-corrected chi connectivity index (χ1v) is 7.68.